The monoisotopic (exact) mass is 242 g/mol. The molecule has 0 aliphatic carbocycles. The standard InChI is InChI=1S/C11H22N4O2/c1-7-4-9(5-12)6-15(7)8(2)10(16)14-11(17)13-3/h7-9H,4-6,12H2,1-3H3,(H2,13,14,16,17). The summed E-state index contributed by atoms with van der Waals surface area (Å²) in [5.41, 5.74) is 5.65. The van der Waals surface area contributed by atoms with Gasteiger partial charge < -0.3 is 11.1 Å². The van der Waals surface area contributed by atoms with E-state index in [9.17, 15) is 9.59 Å². The van der Waals surface area contributed by atoms with E-state index >= 15 is 0 Å². The topological polar surface area (TPSA) is 87.5 Å². The molecule has 1 aliphatic heterocycles. The minimum atomic E-state index is -0.468. The summed E-state index contributed by atoms with van der Waals surface area (Å²) in [7, 11) is 1.48. The van der Waals surface area contributed by atoms with Gasteiger partial charge in [0.05, 0.1) is 6.04 Å². The fraction of sp³-hybridized carbons (Fsp3) is 0.818. The van der Waals surface area contributed by atoms with Crippen molar-refractivity contribution in [1.82, 2.24) is 15.5 Å². The van der Waals surface area contributed by atoms with Crippen LogP contribution in [-0.2, 0) is 4.79 Å². The van der Waals surface area contributed by atoms with E-state index in [0.29, 0.717) is 18.5 Å². The van der Waals surface area contributed by atoms with Gasteiger partial charge in [0, 0.05) is 19.6 Å². The molecule has 98 valence electrons. The van der Waals surface area contributed by atoms with Gasteiger partial charge in [-0.2, -0.15) is 0 Å². The van der Waals surface area contributed by atoms with E-state index < -0.39 is 6.03 Å². The molecule has 0 bridgehead atoms. The number of urea groups is 1. The van der Waals surface area contributed by atoms with Crippen LogP contribution in [-0.4, -0.2) is 49.1 Å². The molecule has 1 fully saturated rings. The highest BCUT2D eigenvalue weighted by molar-refractivity contribution is 5.96. The largest absolute Gasteiger partial charge is 0.341 e. The third-order valence-electron chi connectivity index (χ3n) is 3.38. The molecule has 0 aromatic rings. The number of nitrogens with two attached hydrogens (primary N) is 1. The molecule has 3 unspecified atom stereocenters. The number of likely N-dealkylation sites (tertiary alicyclic amines) is 1. The molecule has 3 amide bonds. The van der Waals surface area contributed by atoms with Gasteiger partial charge in [-0.3, -0.25) is 15.0 Å². The normalized spacial score (nSPS) is 26.6. The Hall–Kier alpha value is -1.14. The summed E-state index contributed by atoms with van der Waals surface area (Å²) < 4.78 is 0. The lowest BCUT2D eigenvalue weighted by Crippen LogP contribution is -2.50. The zero-order valence-electron chi connectivity index (χ0n) is 10.7. The molecule has 0 aromatic heterocycles. The summed E-state index contributed by atoms with van der Waals surface area (Å²) in [6.07, 6.45) is 1.01. The fourth-order valence-corrected chi connectivity index (χ4v) is 2.31. The average molecular weight is 242 g/mol. The Balaban J connectivity index is 2.54. The summed E-state index contributed by atoms with van der Waals surface area (Å²) in [6.45, 7) is 5.36. The van der Waals surface area contributed by atoms with Crippen LogP contribution in [0.1, 0.15) is 20.3 Å². The van der Waals surface area contributed by atoms with Gasteiger partial charge in [-0.15, -0.1) is 0 Å². The smallest absolute Gasteiger partial charge is 0.321 e. The average Bonchev–Trinajstić information content (AvgIpc) is 2.69. The second kappa shape index (κ2) is 5.97. The molecule has 1 rings (SSSR count). The van der Waals surface area contributed by atoms with Crippen LogP contribution in [0.15, 0.2) is 0 Å². The van der Waals surface area contributed by atoms with Crippen LogP contribution in [0.4, 0.5) is 4.79 Å². The van der Waals surface area contributed by atoms with Crippen LogP contribution in [0.3, 0.4) is 0 Å². The van der Waals surface area contributed by atoms with Gasteiger partial charge in [0.2, 0.25) is 5.91 Å². The molecule has 17 heavy (non-hydrogen) atoms. The van der Waals surface area contributed by atoms with Crippen molar-refractivity contribution in [2.24, 2.45) is 11.7 Å². The lowest BCUT2D eigenvalue weighted by atomic mass is 10.1. The number of amides is 3. The van der Waals surface area contributed by atoms with E-state index in [4.69, 9.17) is 5.73 Å². The number of hydrogen-bond donors (Lipinski definition) is 3. The van der Waals surface area contributed by atoms with Crippen LogP contribution in [0.25, 0.3) is 0 Å². The predicted molar refractivity (Wildman–Crippen MR) is 65.4 cm³/mol. The highest BCUT2D eigenvalue weighted by Crippen LogP contribution is 2.24. The highest BCUT2D eigenvalue weighted by atomic mass is 16.2. The van der Waals surface area contributed by atoms with Crippen molar-refractivity contribution >= 4 is 11.9 Å². The minimum absolute atomic E-state index is 0.270. The molecule has 0 spiro atoms. The van der Waals surface area contributed by atoms with E-state index in [-0.39, 0.29) is 11.9 Å². The third kappa shape index (κ3) is 3.41. The molecule has 0 aromatic carbocycles. The van der Waals surface area contributed by atoms with Gasteiger partial charge in [-0.1, -0.05) is 0 Å². The van der Waals surface area contributed by atoms with E-state index in [2.05, 4.69) is 22.5 Å². The van der Waals surface area contributed by atoms with Crippen LogP contribution in [0.2, 0.25) is 0 Å². The lowest BCUT2D eigenvalue weighted by molar-refractivity contribution is -0.125. The van der Waals surface area contributed by atoms with E-state index in [0.717, 1.165) is 13.0 Å². The van der Waals surface area contributed by atoms with Gasteiger partial charge in [0.15, 0.2) is 0 Å². The fourth-order valence-electron chi connectivity index (χ4n) is 2.31. The summed E-state index contributed by atoms with van der Waals surface area (Å²) in [4.78, 5) is 25.0. The van der Waals surface area contributed by atoms with Crippen LogP contribution in [0, 0.1) is 5.92 Å². The van der Waals surface area contributed by atoms with Crippen molar-refractivity contribution < 1.29 is 9.59 Å². The molecule has 0 radical (unpaired) electrons. The molecular formula is C11H22N4O2. The maximum atomic E-state index is 11.8. The maximum Gasteiger partial charge on any atom is 0.321 e. The Labute approximate surface area is 102 Å². The summed E-state index contributed by atoms with van der Waals surface area (Å²) >= 11 is 0. The van der Waals surface area contributed by atoms with Crippen molar-refractivity contribution in [3.05, 3.63) is 0 Å². The van der Waals surface area contributed by atoms with Crippen molar-refractivity contribution in [2.45, 2.75) is 32.4 Å². The second-order valence-corrected chi connectivity index (χ2v) is 4.63. The van der Waals surface area contributed by atoms with Gasteiger partial charge in [0.1, 0.15) is 0 Å². The highest BCUT2D eigenvalue weighted by Gasteiger charge is 2.34. The van der Waals surface area contributed by atoms with Crippen molar-refractivity contribution in [1.29, 1.82) is 0 Å². The number of imide groups is 1. The number of nitrogens with zero attached hydrogens (tertiary/aromatic N) is 1. The first-order valence-electron chi connectivity index (χ1n) is 5.98. The predicted octanol–water partition coefficient (Wildman–Crippen LogP) is -0.500. The first-order chi connectivity index (χ1) is 7.99. The number of carbonyl (C=O) groups is 2. The maximum absolute atomic E-state index is 11.8. The van der Waals surface area contributed by atoms with Gasteiger partial charge in [-0.05, 0) is 32.7 Å². The molecule has 1 aliphatic rings. The lowest BCUT2D eigenvalue weighted by Gasteiger charge is -2.27. The van der Waals surface area contributed by atoms with Crippen LogP contribution < -0.4 is 16.4 Å². The number of carbonyl (C=O) groups excluding carboxylic acids is 2. The first-order valence-corrected chi connectivity index (χ1v) is 5.98. The number of hydrogen-bond acceptors (Lipinski definition) is 4. The molecular weight excluding hydrogens is 220 g/mol. The van der Waals surface area contributed by atoms with Gasteiger partial charge in [0.25, 0.3) is 0 Å². The summed E-state index contributed by atoms with van der Waals surface area (Å²) in [6, 6.07) is -0.447. The Bertz CT molecular complexity index is 295. The summed E-state index contributed by atoms with van der Waals surface area (Å²) in [5.74, 6) is 0.175. The molecule has 1 heterocycles. The number of nitrogens with one attached hydrogen (secondary N) is 2. The Morgan fingerprint density at radius 2 is 2.18 bits per heavy atom. The molecule has 6 heteroatoms. The van der Waals surface area contributed by atoms with Crippen molar-refractivity contribution in [2.75, 3.05) is 20.1 Å². The summed E-state index contributed by atoms with van der Waals surface area (Å²) in [5, 5.41) is 4.66. The first kappa shape index (κ1) is 13.9. The van der Waals surface area contributed by atoms with E-state index in [1.807, 2.05) is 6.92 Å². The SMILES string of the molecule is CNC(=O)NC(=O)C(C)N1CC(CN)CC1C. The van der Waals surface area contributed by atoms with E-state index in [1.54, 1.807) is 0 Å². The third-order valence-corrected chi connectivity index (χ3v) is 3.38. The second-order valence-electron chi connectivity index (χ2n) is 4.63. The van der Waals surface area contributed by atoms with Crippen molar-refractivity contribution in [3.8, 4) is 0 Å². The molecule has 1 saturated heterocycles. The minimum Gasteiger partial charge on any atom is -0.341 e. The number of rotatable bonds is 3. The van der Waals surface area contributed by atoms with Crippen LogP contribution in [0.5, 0.6) is 0 Å². The zero-order valence-corrected chi connectivity index (χ0v) is 10.7. The molecule has 4 N–H and O–H groups in total. The Morgan fingerprint density at radius 1 is 1.53 bits per heavy atom. The zero-order chi connectivity index (χ0) is 13.0. The van der Waals surface area contributed by atoms with Gasteiger partial charge >= 0.3 is 6.03 Å². The molecule has 0 saturated carbocycles. The quantitative estimate of drug-likeness (QED) is 0.622. The van der Waals surface area contributed by atoms with Crippen molar-refractivity contribution in [3.63, 3.8) is 0 Å². The molecule has 6 nitrogen and oxygen atoms in total. The Kier molecular flexibility index (Phi) is 4.89. The van der Waals surface area contributed by atoms with E-state index in [1.165, 1.54) is 7.05 Å². The van der Waals surface area contributed by atoms with Crippen LogP contribution >= 0.6 is 0 Å². The molecule has 3 atom stereocenters. The van der Waals surface area contributed by atoms with Gasteiger partial charge in [-0.25, -0.2) is 4.79 Å². The Morgan fingerprint density at radius 3 is 2.65 bits per heavy atom.